The topological polar surface area (TPSA) is 32.3 Å². The lowest BCUT2D eigenvalue weighted by Crippen LogP contribution is -2.24. The number of aliphatic hydroxyl groups excluding tert-OH is 1. The van der Waals surface area contributed by atoms with Crippen molar-refractivity contribution in [1.82, 2.24) is 5.32 Å². The van der Waals surface area contributed by atoms with Gasteiger partial charge >= 0.3 is 6.18 Å². The lowest BCUT2D eigenvalue weighted by molar-refractivity contribution is -0.137. The van der Waals surface area contributed by atoms with Crippen LogP contribution in [0.4, 0.5) is 13.2 Å². The van der Waals surface area contributed by atoms with Gasteiger partial charge in [-0.2, -0.15) is 13.2 Å². The molecule has 0 amide bonds. The second-order valence-electron chi connectivity index (χ2n) is 4.78. The summed E-state index contributed by atoms with van der Waals surface area (Å²) in [5, 5.41) is 15.2. The maximum atomic E-state index is 12.5. The maximum absolute atomic E-state index is 12.5. The van der Waals surface area contributed by atoms with Crippen LogP contribution in [-0.4, -0.2) is 11.7 Å². The third kappa shape index (κ3) is 4.30. The maximum Gasteiger partial charge on any atom is 0.416 e. The molecule has 0 radical (unpaired) electrons. The smallest absolute Gasteiger partial charge is 0.387 e. The molecular formula is C15H16F3NOS. The molecule has 0 spiro atoms. The van der Waals surface area contributed by atoms with E-state index in [2.05, 4.69) is 5.32 Å². The van der Waals surface area contributed by atoms with Gasteiger partial charge in [0.25, 0.3) is 0 Å². The van der Waals surface area contributed by atoms with Crippen LogP contribution in [0.15, 0.2) is 41.8 Å². The number of nitrogens with one attached hydrogen (secondary N) is 1. The molecule has 21 heavy (non-hydrogen) atoms. The van der Waals surface area contributed by atoms with Gasteiger partial charge in [-0.05, 0) is 36.1 Å². The fourth-order valence-corrected chi connectivity index (χ4v) is 2.70. The van der Waals surface area contributed by atoms with Gasteiger partial charge in [-0.25, -0.2) is 0 Å². The minimum Gasteiger partial charge on any atom is -0.387 e. The van der Waals surface area contributed by atoms with E-state index in [1.807, 2.05) is 24.4 Å². The number of rotatable bonds is 5. The quantitative estimate of drug-likeness (QED) is 0.869. The Balaban J connectivity index is 1.93. The molecular weight excluding hydrogens is 299 g/mol. The average Bonchev–Trinajstić information content (AvgIpc) is 2.98. The minimum atomic E-state index is -4.35. The summed E-state index contributed by atoms with van der Waals surface area (Å²) in [7, 11) is 0. The normalized spacial score (nSPS) is 14.9. The first kappa shape index (κ1) is 16.0. The number of hydrogen-bond acceptors (Lipinski definition) is 3. The van der Waals surface area contributed by atoms with E-state index in [4.69, 9.17) is 0 Å². The summed E-state index contributed by atoms with van der Waals surface area (Å²) in [6.45, 7) is 2.26. The van der Waals surface area contributed by atoms with Gasteiger partial charge in [0.1, 0.15) is 0 Å². The zero-order chi connectivity index (χ0) is 15.5. The highest BCUT2D eigenvalue weighted by Crippen LogP contribution is 2.30. The Morgan fingerprint density at radius 3 is 2.38 bits per heavy atom. The van der Waals surface area contributed by atoms with E-state index >= 15 is 0 Å². The van der Waals surface area contributed by atoms with Crippen molar-refractivity contribution >= 4 is 11.3 Å². The zero-order valence-electron chi connectivity index (χ0n) is 11.4. The van der Waals surface area contributed by atoms with Crippen molar-refractivity contribution in [1.29, 1.82) is 0 Å². The van der Waals surface area contributed by atoms with Crippen LogP contribution in [-0.2, 0) is 6.18 Å². The Morgan fingerprint density at radius 2 is 1.86 bits per heavy atom. The molecule has 1 heterocycles. The Labute approximate surface area is 125 Å². The fourth-order valence-electron chi connectivity index (χ4n) is 1.94. The molecule has 2 aromatic rings. The average molecular weight is 315 g/mol. The summed E-state index contributed by atoms with van der Waals surface area (Å²) in [5.74, 6) is 0. The van der Waals surface area contributed by atoms with Crippen LogP contribution in [0.1, 0.15) is 35.1 Å². The number of aliphatic hydroxyl groups is 1. The molecule has 0 saturated heterocycles. The van der Waals surface area contributed by atoms with Crippen LogP contribution in [0, 0.1) is 0 Å². The Bertz CT molecular complexity index is 551. The van der Waals surface area contributed by atoms with Gasteiger partial charge in [0, 0.05) is 17.5 Å². The summed E-state index contributed by atoms with van der Waals surface area (Å²) in [4.78, 5) is 1.15. The van der Waals surface area contributed by atoms with Crippen LogP contribution >= 0.6 is 11.3 Å². The van der Waals surface area contributed by atoms with Gasteiger partial charge in [-0.3, -0.25) is 0 Å². The first-order valence-electron chi connectivity index (χ1n) is 6.50. The van der Waals surface area contributed by atoms with Gasteiger partial charge in [0.05, 0.1) is 11.7 Å². The molecule has 0 aliphatic heterocycles. The van der Waals surface area contributed by atoms with Gasteiger partial charge in [0.15, 0.2) is 0 Å². The first-order valence-corrected chi connectivity index (χ1v) is 7.38. The molecule has 2 N–H and O–H groups in total. The van der Waals surface area contributed by atoms with Crippen LogP contribution in [0.2, 0.25) is 0 Å². The Hall–Kier alpha value is -1.37. The van der Waals surface area contributed by atoms with E-state index in [9.17, 15) is 18.3 Å². The van der Waals surface area contributed by atoms with Crippen molar-refractivity contribution in [2.24, 2.45) is 0 Å². The van der Waals surface area contributed by atoms with E-state index in [0.29, 0.717) is 5.56 Å². The third-order valence-electron chi connectivity index (χ3n) is 3.21. The molecule has 2 rings (SSSR count). The summed E-state index contributed by atoms with van der Waals surface area (Å²) < 4.78 is 37.4. The highest BCUT2D eigenvalue weighted by atomic mass is 32.1. The molecule has 2 nitrogen and oxygen atoms in total. The third-order valence-corrected chi connectivity index (χ3v) is 4.27. The van der Waals surface area contributed by atoms with E-state index in [0.717, 1.165) is 17.0 Å². The summed E-state index contributed by atoms with van der Waals surface area (Å²) in [6, 6.07) is 8.63. The SMILES string of the molecule is C[C@@H](NCC(O)c1ccc(C(F)(F)F)cc1)c1cccs1. The Morgan fingerprint density at radius 1 is 1.19 bits per heavy atom. The van der Waals surface area contributed by atoms with E-state index in [1.165, 1.54) is 12.1 Å². The van der Waals surface area contributed by atoms with Crippen LogP contribution in [0.3, 0.4) is 0 Å². The van der Waals surface area contributed by atoms with Crippen molar-refractivity contribution in [3.05, 3.63) is 57.8 Å². The second kappa shape index (κ2) is 6.60. The summed E-state index contributed by atoms with van der Waals surface area (Å²) >= 11 is 1.61. The first-order chi connectivity index (χ1) is 9.88. The van der Waals surface area contributed by atoms with E-state index < -0.39 is 17.8 Å². The molecule has 6 heteroatoms. The zero-order valence-corrected chi connectivity index (χ0v) is 12.2. The molecule has 1 aromatic heterocycles. The lowest BCUT2D eigenvalue weighted by atomic mass is 10.1. The fraction of sp³-hybridized carbons (Fsp3) is 0.333. The summed E-state index contributed by atoms with van der Waals surface area (Å²) in [6.07, 6.45) is -5.19. The number of hydrogen-bond donors (Lipinski definition) is 2. The number of thiophene rings is 1. The van der Waals surface area contributed by atoms with Crippen molar-refractivity contribution in [3.63, 3.8) is 0 Å². The van der Waals surface area contributed by atoms with Gasteiger partial charge in [-0.15, -0.1) is 11.3 Å². The number of alkyl halides is 3. The highest BCUT2D eigenvalue weighted by molar-refractivity contribution is 7.10. The van der Waals surface area contributed by atoms with Crippen LogP contribution in [0.5, 0.6) is 0 Å². The van der Waals surface area contributed by atoms with Gasteiger partial charge in [0.2, 0.25) is 0 Å². The van der Waals surface area contributed by atoms with Gasteiger partial charge in [-0.1, -0.05) is 18.2 Å². The largest absolute Gasteiger partial charge is 0.416 e. The monoisotopic (exact) mass is 315 g/mol. The van der Waals surface area contributed by atoms with Crippen molar-refractivity contribution in [3.8, 4) is 0 Å². The molecule has 1 unspecified atom stereocenters. The lowest BCUT2D eigenvalue weighted by Gasteiger charge is -2.17. The summed E-state index contributed by atoms with van der Waals surface area (Å²) in [5.41, 5.74) is -0.243. The number of benzene rings is 1. The molecule has 1 aromatic carbocycles. The molecule has 0 fully saturated rings. The predicted octanol–water partition coefficient (Wildman–Crippen LogP) is 4.15. The van der Waals surface area contributed by atoms with Crippen LogP contribution in [0.25, 0.3) is 0 Å². The standard InChI is InChI=1S/C15H16F3NOS/c1-10(14-3-2-8-21-14)19-9-13(20)11-4-6-12(7-5-11)15(16,17)18/h2-8,10,13,19-20H,9H2,1H3/t10-,13?/m1/s1. The molecule has 2 atom stereocenters. The highest BCUT2D eigenvalue weighted by Gasteiger charge is 2.30. The molecule has 0 aliphatic carbocycles. The van der Waals surface area contributed by atoms with E-state index in [-0.39, 0.29) is 12.6 Å². The molecule has 0 aliphatic rings. The van der Waals surface area contributed by atoms with Crippen molar-refractivity contribution < 1.29 is 18.3 Å². The van der Waals surface area contributed by atoms with Crippen LogP contribution < -0.4 is 5.32 Å². The van der Waals surface area contributed by atoms with E-state index in [1.54, 1.807) is 11.3 Å². The van der Waals surface area contributed by atoms with Crippen molar-refractivity contribution in [2.75, 3.05) is 6.54 Å². The molecule has 0 bridgehead atoms. The number of halogens is 3. The second-order valence-corrected chi connectivity index (χ2v) is 5.76. The predicted molar refractivity (Wildman–Crippen MR) is 77.1 cm³/mol. The van der Waals surface area contributed by atoms with Crippen molar-refractivity contribution in [2.45, 2.75) is 25.2 Å². The minimum absolute atomic E-state index is 0.0918. The Kier molecular flexibility index (Phi) is 5.03. The van der Waals surface area contributed by atoms with Gasteiger partial charge < -0.3 is 10.4 Å². The molecule has 114 valence electrons. The molecule has 0 saturated carbocycles.